The molecule has 0 spiro atoms. The molecule has 1 atom stereocenters. The number of carbonyl (C=O) groups is 2. The molecule has 7 heteroatoms. The van der Waals surface area contributed by atoms with Crippen LogP contribution in [0.1, 0.15) is 50.3 Å². The minimum atomic E-state index is -0.274. The second-order valence-corrected chi connectivity index (χ2v) is 5.86. The molecule has 0 aliphatic carbocycles. The van der Waals surface area contributed by atoms with Crippen molar-refractivity contribution in [2.45, 2.75) is 51.6 Å². The molecule has 7 nitrogen and oxygen atoms in total. The van der Waals surface area contributed by atoms with Gasteiger partial charge in [-0.1, -0.05) is 19.9 Å². The number of hydrogen-bond donors (Lipinski definition) is 1. The van der Waals surface area contributed by atoms with Gasteiger partial charge in [-0.05, 0) is 25.3 Å². The van der Waals surface area contributed by atoms with Crippen LogP contribution in [0.2, 0.25) is 0 Å². The predicted molar refractivity (Wildman–Crippen MR) is 86.6 cm³/mol. The Morgan fingerprint density at radius 1 is 1.39 bits per heavy atom. The van der Waals surface area contributed by atoms with Gasteiger partial charge in [0.05, 0.1) is 12.6 Å². The van der Waals surface area contributed by atoms with E-state index < -0.39 is 0 Å². The second-order valence-electron chi connectivity index (χ2n) is 5.86. The number of likely N-dealkylation sites (N-methyl/N-ethyl adjacent to an activating group) is 1. The number of rotatable bonds is 6. The topological polar surface area (TPSA) is 80.1 Å². The van der Waals surface area contributed by atoms with Gasteiger partial charge < -0.3 is 14.8 Å². The summed E-state index contributed by atoms with van der Waals surface area (Å²) in [4.78, 5) is 25.0. The molecule has 0 bridgehead atoms. The highest BCUT2D eigenvalue weighted by atomic mass is 16.2. The molecule has 126 valence electrons. The van der Waals surface area contributed by atoms with Crippen LogP contribution in [-0.2, 0) is 22.6 Å². The molecule has 1 aliphatic rings. The number of aromatic nitrogens is 3. The van der Waals surface area contributed by atoms with Crippen LogP contribution in [0.5, 0.6) is 0 Å². The summed E-state index contributed by atoms with van der Waals surface area (Å²) in [6.45, 7) is 6.33. The van der Waals surface area contributed by atoms with Gasteiger partial charge in [0.2, 0.25) is 11.8 Å². The number of amides is 2. The van der Waals surface area contributed by atoms with Crippen LogP contribution in [0.4, 0.5) is 0 Å². The molecular formula is C16H25N5O2. The van der Waals surface area contributed by atoms with Crippen molar-refractivity contribution in [1.82, 2.24) is 25.0 Å². The Bertz CT molecular complexity index is 581. The lowest BCUT2D eigenvalue weighted by atomic mass is 10.2. The van der Waals surface area contributed by atoms with E-state index >= 15 is 0 Å². The standard InChI is InChI=1S/C16H25N5O2/c1-4-12(17-14(22)11-20(3)15(23)5-2)16-19-18-13-9-7-6-8-10-21(13)16/h5,12H,2,4,6-11H2,1,3H3,(H,17,22). The summed E-state index contributed by atoms with van der Waals surface area (Å²) in [6.07, 6.45) is 6.30. The number of nitrogens with one attached hydrogen (secondary N) is 1. The third-order valence-electron chi connectivity index (χ3n) is 4.12. The van der Waals surface area contributed by atoms with Gasteiger partial charge in [0.25, 0.3) is 0 Å². The van der Waals surface area contributed by atoms with Gasteiger partial charge in [0.15, 0.2) is 5.82 Å². The summed E-state index contributed by atoms with van der Waals surface area (Å²) in [6, 6.07) is -0.186. The van der Waals surface area contributed by atoms with Crippen molar-refractivity contribution in [1.29, 1.82) is 0 Å². The van der Waals surface area contributed by atoms with Gasteiger partial charge in [0.1, 0.15) is 5.82 Å². The SMILES string of the molecule is C=CC(=O)N(C)CC(=O)NC(CC)c1nnc2n1CCCCC2. The van der Waals surface area contributed by atoms with Crippen LogP contribution in [0.25, 0.3) is 0 Å². The second kappa shape index (κ2) is 7.89. The summed E-state index contributed by atoms with van der Waals surface area (Å²) < 4.78 is 2.14. The molecular weight excluding hydrogens is 294 g/mol. The molecule has 0 saturated heterocycles. The fourth-order valence-corrected chi connectivity index (χ4v) is 2.80. The van der Waals surface area contributed by atoms with E-state index in [0.717, 1.165) is 43.9 Å². The van der Waals surface area contributed by atoms with E-state index in [2.05, 4.69) is 26.7 Å². The maximum Gasteiger partial charge on any atom is 0.246 e. The number of nitrogens with zero attached hydrogens (tertiary/aromatic N) is 4. The van der Waals surface area contributed by atoms with Crippen molar-refractivity contribution < 1.29 is 9.59 Å². The van der Waals surface area contributed by atoms with E-state index in [1.54, 1.807) is 7.05 Å². The summed E-state index contributed by atoms with van der Waals surface area (Å²) in [7, 11) is 1.58. The van der Waals surface area contributed by atoms with Crippen LogP contribution in [0.15, 0.2) is 12.7 Å². The van der Waals surface area contributed by atoms with Gasteiger partial charge in [-0.3, -0.25) is 9.59 Å². The maximum absolute atomic E-state index is 12.2. The zero-order valence-electron chi connectivity index (χ0n) is 13.9. The van der Waals surface area contributed by atoms with Crippen molar-refractivity contribution in [2.75, 3.05) is 13.6 Å². The number of fused-ring (bicyclic) bond motifs is 1. The van der Waals surface area contributed by atoms with E-state index in [1.807, 2.05) is 6.92 Å². The van der Waals surface area contributed by atoms with Crippen molar-refractivity contribution in [3.8, 4) is 0 Å². The van der Waals surface area contributed by atoms with Gasteiger partial charge in [-0.2, -0.15) is 0 Å². The first-order chi connectivity index (χ1) is 11.1. The minimum Gasteiger partial charge on any atom is -0.345 e. The molecule has 1 N–H and O–H groups in total. The Labute approximate surface area is 136 Å². The molecule has 2 amide bonds. The Hall–Kier alpha value is -2.18. The molecule has 1 aromatic rings. The molecule has 0 radical (unpaired) electrons. The van der Waals surface area contributed by atoms with E-state index in [1.165, 1.54) is 17.4 Å². The third-order valence-corrected chi connectivity index (χ3v) is 4.12. The smallest absolute Gasteiger partial charge is 0.246 e. The highest BCUT2D eigenvalue weighted by Crippen LogP contribution is 2.20. The van der Waals surface area contributed by atoms with E-state index in [9.17, 15) is 9.59 Å². The van der Waals surface area contributed by atoms with Crippen LogP contribution >= 0.6 is 0 Å². The van der Waals surface area contributed by atoms with E-state index in [4.69, 9.17) is 0 Å². The van der Waals surface area contributed by atoms with Gasteiger partial charge in [-0.25, -0.2) is 0 Å². The largest absolute Gasteiger partial charge is 0.345 e. The Kier molecular flexibility index (Phi) is 5.90. The lowest BCUT2D eigenvalue weighted by Crippen LogP contribution is -2.39. The normalized spacial score (nSPS) is 15.2. The van der Waals surface area contributed by atoms with Gasteiger partial charge >= 0.3 is 0 Å². The third kappa shape index (κ3) is 4.18. The molecule has 23 heavy (non-hydrogen) atoms. The van der Waals surface area contributed by atoms with Crippen LogP contribution in [0.3, 0.4) is 0 Å². The van der Waals surface area contributed by atoms with E-state index in [-0.39, 0.29) is 24.4 Å². The van der Waals surface area contributed by atoms with Crippen molar-refractivity contribution in [3.05, 3.63) is 24.3 Å². The molecule has 1 aliphatic heterocycles. The van der Waals surface area contributed by atoms with Crippen LogP contribution < -0.4 is 5.32 Å². The number of carbonyl (C=O) groups excluding carboxylic acids is 2. The average Bonchev–Trinajstić information content (AvgIpc) is 2.79. The maximum atomic E-state index is 12.2. The monoisotopic (exact) mass is 319 g/mol. The molecule has 2 heterocycles. The Balaban J connectivity index is 2.05. The molecule has 2 rings (SSSR count). The first-order valence-electron chi connectivity index (χ1n) is 8.15. The van der Waals surface area contributed by atoms with Crippen LogP contribution in [-0.4, -0.2) is 45.1 Å². The van der Waals surface area contributed by atoms with E-state index in [0.29, 0.717) is 0 Å². The first-order valence-corrected chi connectivity index (χ1v) is 8.15. The van der Waals surface area contributed by atoms with Crippen molar-refractivity contribution in [2.24, 2.45) is 0 Å². The Morgan fingerprint density at radius 3 is 2.87 bits per heavy atom. The Morgan fingerprint density at radius 2 is 2.17 bits per heavy atom. The average molecular weight is 319 g/mol. The summed E-state index contributed by atoms with van der Waals surface area (Å²) in [5.41, 5.74) is 0. The summed E-state index contributed by atoms with van der Waals surface area (Å²) >= 11 is 0. The fourth-order valence-electron chi connectivity index (χ4n) is 2.80. The fraction of sp³-hybridized carbons (Fsp3) is 0.625. The quantitative estimate of drug-likeness (QED) is 0.799. The molecule has 1 aromatic heterocycles. The molecule has 0 fully saturated rings. The number of hydrogen-bond acceptors (Lipinski definition) is 4. The summed E-state index contributed by atoms with van der Waals surface area (Å²) in [5.74, 6) is 1.34. The highest BCUT2D eigenvalue weighted by Gasteiger charge is 2.23. The lowest BCUT2D eigenvalue weighted by molar-refractivity contribution is -0.131. The zero-order chi connectivity index (χ0) is 16.8. The summed E-state index contributed by atoms with van der Waals surface area (Å²) in [5, 5.41) is 11.5. The van der Waals surface area contributed by atoms with Gasteiger partial charge in [0, 0.05) is 20.0 Å². The predicted octanol–water partition coefficient (Wildman–Crippen LogP) is 1.22. The highest BCUT2D eigenvalue weighted by molar-refractivity contribution is 5.90. The van der Waals surface area contributed by atoms with Gasteiger partial charge in [-0.15, -0.1) is 10.2 Å². The lowest BCUT2D eigenvalue weighted by Gasteiger charge is -2.20. The van der Waals surface area contributed by atoms with Crippen LogP contribution in [0, 0.1) is 0 Å². The number of aryl methyl sites for hydroxylation is 1. The molecule has 0 saturated carbocycles. The van der Waals surface area contributed by atoms with Crippen molar-refractivity contribution in [3.63, 3.8) is 0 Å². The molecule has 0 aromatic carbocycles. The minimum absolute atomic E-state index is 0.00233. The zero-order valence-corrected chi connectivity index (χ0v) is 13.9. The van der Waals surface area contributed by atoms with Crippen molar-refractivity contribution >= 4 is 11.8 Å². The first kappa shape index (κ1) is 17.2. The molecule has 1 unspecified atom stereocenters.